The number of H-pyrrole nitrogens is 1. The van der Waals surface area contributed by atoms with Crippen molar-refractivity contribution in [3.8, 4) is 0 Å². The van der Waals surface area contributed by atoms with Crippen LogP contribution in [0.25, 0.3) is 0 Å². The van der Waals surface area contributed by atoms with Gasteiger partial charge in [0.15, 0.2) is 5.82 Å². The molecule has 102 valence electrons. The van der Waals surface area contributed by atoms with Gasteiger partial charge in [-0.2, -0.15) is 5.21 Å². The highest BCUT2D eigenvalue weighted by molar-refractivity contribution is 7.89. The standard InChI is InChI=1S/C8H8ClFN6O2S/c9-4-1-5(10)6(11)2-7(4)19(17,18)12-3-8-13-15-16-14-8/h1-2,12H,3,11H2,(H,13,14,15,16). The van der Waals surface area contributed by atoms with Gasteiger partial charge in [-0.1, -0.05) is 16.8 Å². The number of rotatable bonds is 4. The molecule has 0 aliphatic heterocycles. The Morgan fingerprint density at radius 2 is 2.21 bits per heavy atom. The van der Waals surface area contributed by atoms with E-state index in [1.807, 2.05) is 0 Å². The Balaban J connectivity index is 2.27. The van der Waals surface area contributed by atoms with Crippen molar-refractivity contribution in [2.24, 2.45) is 0 Å². The number of anilines is 1. The minimum absolute atomic E-state index is 0.148. The molecule has 0 unspecified atom stereocenters. The lowest BCUT2D eigenvalue weighted by Crippen LogP contribution is -2.24. The van der Waals surface area contributed by atoms with Gasteiger partial charge in [-0.15, -0.1) is 10.2 Å². The van der Waals surface area contributed by atoms with Crippen LogP contribution in [0.1, 0.15) is 5.82 Å². The summed E-state index contributed by atoms with van der Waals surface area (Å²) < 4.78 is 39.2. The molecule has 0 aliphatic rings. The van der Waals surface area contributed by atoms with E-state index in [0.717, 1.165) is 12.1 Å². The molecule has 0 saturated carbocycles. The first kappa shape index (κ1) is 13.6. The summed E-state index contributed by atoms with van der Waals surface area (Å²) in [4.78, 5) is -0.323. The van der Waals surface area contributed by atoms with Crippen LogP contribution in [0.15, 0.2) is 17.0 Å². The zero-order valence-corrected chi connectivity index (χ0v) is 10.8. The number of hydrogen-bond donors (Lipinski definition) is 3. The van der Waals surface area contributed by atoms with Crippen LogP contribution in [0, 0.1) is 5.82 Å². The highest BCUT2D eigenvalue weighted by Crippen LogP contribution is 2.26. The maximum atomic E-state index is 13.1. The molecule has 0 spiro atoms. The number of nitrogens with two attached hydrogens (primary N) is 1. The molecule has 0 saturated heterocycles. The highest BCUT2D eigenvalue weighted by Gasteiger charge is 2.20. The van der Waals surface area contributed by atoms with Crippen molar-refractivity contribution in [1.29, 1.82) is 0 Å². The molecule has 0 amide bonds. The Kier molecular flexibility index (Phi) is 3.64. The predicted molar refractivity (Wildman–Crippen MR) is 64.0 cm³/mol. The first-order chi connectivity index (χ1) is 8.90. The van der Waals surface area contributed by atoms with E-state index in [0.29, 0.717) is 0 Å². The van der Waals surface area contributed by atoms with Crippen molar-refractivity contribution >= 4 is 27.3 Å². The minimum Gasteiger partial charge on any atom is -0.396 e. The van der Waals surface area contributed by atoms with Crippen molar-refractivity contribution in [1.82, 2.24) is 25.3 Å². The zero-order valence-electron chi connectivity index (χ0n) is 9.26. The smallest absolute Gasteiger partial charge is 0.242 e. The van der Waals surface area contributed by atoms with E-state index >= 15 is 0 Å². The summed E-state index contributed by atoms with van der Waals surface area (Å²) in [5, 5.41) is 12.3. The first-order valence-corrected chi connectivity index (χ1v) is 6.73. The second kappa shape index (κ2) is 5.07. The molecule has 1 heterocycles. The van der Waals surface area contributed by atoms with Crippen LogP contribution in [-0.4, -0.2) is 29.0 Å². The summed E-state index contributed by atoms with van der Waals surface area (Å²) in [7, 11) is -3.96. The maximum Gasteiger partial charge on any atom is 0.242 e. The summed E-state index contributed by atoms with van der Waals surface area (Å²) in [5.74, 6) is -0.642. The van der Waals surface area contributed by atoms with E-state index in [1.54, 1.807) is 0 Å². The van der Waals surface area contributed by atoms with Gasteiger partial charge in [0.1, 0.15) is 10.7 Å². The molecule has 0 fully saturated rings. The number of aromatic nitrogens is 4. The summed E-state index contributed by atoms with van der Waals surface area (Å²) in [6.07, 6.45) is 0. The number of halogens is 2. The third-order valence-corrected chi connectivity index (χ3v) is 4.02. The molecule has 19 heavy (non-hydrogen) atoms. The summed E-state index contributed by atoms with van der Waals surface area (Å²) in [5.41, 5.74) is 5.00. The van der Waals surface area contributed by atoms with Crippen LogP contribution in [-0.2, 0) is 16.6 Å². The van der Waals surface area contributed by atoms with Crippen LogP contribution in [0.5, 0.6) is 0 Å². The van der Waals surface area contributed by atoms with Crippen molar-refractivity contribution < 1.29 is 12.8 Å². The largest absolute Gasteiger partial charge is 0.396 e. The molecular weight excluding hydrogens is 299 g/mol. The molecule has 1 aromatic carbocycles. The molecule has 0 aliphatic carbocycles. The Morgan fingerprint density at radius 1 is 1.47 bits per heavy atom. The van der Waals surface area contributed by atoms with Gasteiger partial charge in [0, 0.05) is 0 Å². The summed E-state index contributed by atoms with van der Waals surface area (Å²) in [6.45, 7) is -0.188. The van der Waals surface area contributed by atoms with Crippen molar-refractivity contribution in [2.45, 2.75) is 11.4 Å². The monoisotopic (exact) mass is 306 g/mol. The van der Waals surface area contributed by atoms with E-state index in [9.17, 15) is 12.8 Å². The zero-order chi connectivity index (χ0) is 14.0. The van der Waals surface area contributed by atoms with Crippen molar-refractivity contribution in [3.05, 3.63) is 28.8 Å². The Labute approximate surface area is 112 Å². The van der Waals surface area contributed by atoms with E-state index in [-0.39, 0.29) is 28.0 Å². The maximum absolute atomic E-state index is 13.1. The molecule has 0 radical (unpaired) electrons. The molecule has 11 heteroatoms. The predicted octanol–water partition coefficient (Wildman–Crippen LogP) is 0.0529. The molecule has 2 rings (SSSR count). The van der Waals surface area contributed by atoms with Gasteiger partial charge in [0.25, 0.3) is 0 Å². The average Bonchev–Trinajstić information content (AvgIpc) is 2.84. The van der Waals surface area contributed by atoms with Crippen LogP contribution >= 0.6 is 11.6 Å². The number of sulfonamides is 1. The van der Waals surface area contributed by atoms with Gasteiger partial charge in [-0.25, -0.2) is 17.5 Å². The number of nitrogens with zero attached hydrogens (tertiary/aromatic N) is 3. The van der Waals surface area contributed by atoms with Gasteiger partial charge in [0.05, 0.1) is 17.3 Å². The average molecular weight is 307 g/mol. The number of hydrogen-bond acceptors (Lipinski definition) is 6. The highest BCUT2D eigenvalue weighted by atomic mass is 35.5. The molecule has 8 nitrogen and oxygen atoms in total. The van der Waals surface area contributed by atoms with Gasteiger partial charge in [-0.05, 0) is 12.1 Å². The Hall–Kier alpha value is -1.78. The number of aromatic amines is 1. The van der Waals surface area contributed by atoms with Gasteiger partial charge < -0.3 is 5.73 Å². The Morgan fingerprint density at radius 3 is 2.84 bits per heavy atom. The fourth-order valence-corrected chi connectivity index (χ4v) is 2.77. The second-order valence-corrected chi connectivity index (χ2v) is 5.60. The normalized spacial score (nSPS) is 11.7. The second-order valence-electron chi connectivity index (χ2n) is 3.46. The molecule has 2 aromatic rings. The molecule has 4 N–H and O–H groups in total. The topological polar surface area (TPSA) is 127 Å². The lowest BCUT2D eigenvalue weighted by molar-refractivity contribution is 0.578. The molecular formula is C8H8ClFN6O2S. The van der Waals surface area contributed by atoms with Crippen LogP contribution in [0.4, 0.5) is 10.1 Å². The number of benzene rings is 1. The molecule has 1 aromatic heterocycles. The Bertz CT molecular complexity index is 690. The third-order valence-electron chi connectivity index (χ3n) is 2.15. The van der Waals surface area contributed by atoms with E-state index in [4.69, 9.17) is 17.3 Å². The lowest BCUT2D eigenvalue weighted by atomic mass is 10.3. The fraction of sp³-hybridized carbons (Fsp3) is 0.125. The van der Waals surface area contributed by atoms with E-state index < -0.39 is 15.8 Å². The minimum atomic E-state index is -3.96. The number of nitrogen functional groups attached to an aromatic ring is 1. The molecule has 0 bridgehead atoms. The van der Waals surface area contributed by atoms with E-state index in [2.05, 4.69) is 25.3 Å². The third kappa shape index (κ3) is 2.97. The first-order valence-electron chi connectivity index (χ1n) is 4.86. The molecule has 0 atom stereocenters. The number of nitrogens with one attached hydrogen (secondary N) is 2. The van der Waals surface area contributed by atoms with Crippen molar-refractivity contribution in [2.75, 3.05) is 5.73 Å². The van der Waals surface area contributed by atoms with Gasteiger partial charge >= 0.3 is 0 Å². The van der Waals surface area contributed by atoms with Crippen molar-refractivity contribution in [3.63, 3.8) is 0 Å². The fourth-order valence-electron chi connectivity index (χ4n) is 1.25. The van der Waals surface area contributed by atoms with Crippen LogP contribution in [0.2, 0.25) is 5.02 Å². The quantitative estimate of drug-likeness (QED) is 0.685. The van der Waals surface area contributed by atoms with Crippen LogP contribution < -0.4 is 10.5 Å². The van der Waals surface area contributed by atoms with E-state index in [1.165, 1.54) is 0 Å². The summed E-state index contributed by atoms with van der Waals surface area (Å²) in [6, 6.07) is 1.77. The summed E-state index contributed by atoms with van der Waals surface area (Å²) >= 11 is 5.68. The lowest BCUT2D eigenvalue weighted by Gasteiger charge is -2.08. The SMILES string of the molecule is Nc1cc(S(=O)(=O)NCc2nn[nH]n2)c(Cl)cc1F. The number of tetrazole rings is 1. The van der Waals surface area contributed by atoms with Gasteiger partial charge in [0.2, 0.25) is 10.0 Å². The van der Waals surface area contributed by atoms with Gasteiger partial charge in [-0.3, -0.25) is 0 Å². The van der Waals surface area contributed by atoms with Crippen LogP contribution in [0.3, 0.4) is 0 Å².